The summed E-state index contributed by atoms with van der Waals surface area (Å²) in [5.74, 6) is 0. The molecule has 0 aromatic rings. The number of hydrogen-bond donors (Lipinski definition) is 1. The van der Waals surface area contributed by atoms with Crippen LogP contribution in [0.2, 0.25) is 0 Å². The molecule has 0 aromatic heterocycles. The van der Waals surface area contributed by atoms with E-state index in [0.717, 1.165) is 0 Å². The standard InChI is InChI=1S/ClH.K.Li.H2O4S/c;;;1-5(2,3)4/h1H;;;(H2,1,2,3,4)/q;2*+1;/p-2. The smallest absolute Gasteiger partial charge is 1.00 e. The maximum atomic E-state index is 8.63. The Morgan fingerprint density at radius 1 is 1.38 bits per heavy atom. The van der Waals surface area contributed by atoms with Crippen molar-refractivity contribution in [3.8, 4) is 0 Å². The molecule has 0 radical (unpaired) electrons. The number of halogens is 1. The summed E-state index contributed by atoms with van der Waals surface area (Å²) in [4.78, 5) is 0. The molecule has 0 aliphatic carbocycles. The minimum absolute atomic E-state index is 0. The third kappa shape index (κ3) is 80.1. The molecule has 0 aliphatic heterocycles. The molecule has 0 heterocycles. The second-order valence-electron chi connectivity index (χ2n) is 0.428. The van der Waals surface area contributed by atoms with Crippen molar-refractivity contribution < 1.29 is 100 Å². The molecule has 0 rings (SSSR count). The predicted octanol–water partition coefficient (Wildman–Crippen LogP) is -9.98. The van der Waals surface area contributed by atoms with Crippen molar-refractivity contribution >= 4 is 10.4 Å². The van der Waals surface area contributed by atoms with Crippen molar-refractivity contribution in [2.75, 3.05) is 0 Å². The fraction of sp³-hybridized carbons (Fsp3) is 0. The average molecular weight is 179 g/mol. The molecule has 8 heavy (non-hydrogen) atoms. The summed E-state index contributed by atoms with van der Waals surface area (Å²) in [6.45, 7) is 0. The van der Waals surface area contributed by atoms with Gasteiger partial charge in [-0.3, -0.25) is 4.55 Å². The van der Waals surface area contributed by atoms with E-state index in [2.05, 4.69) is 0 Å². The second kappa shape index (κ2) is 9.39. The SMILES string of the molecule is O=S(=O)([O-])O.[Cl-].[K+].[Li+]. The molecule has 0 aromatic carbocycles. The van der Waals surface area contributed by atoms with E-state index >= 15 is 0 Å². The largest absolute Gasteiger partial charge is 1.00 e. The molecule has 0 unspecified atom stereocenters. The van der Waals surface area contributed by atoms with Crippen LogP contribution in [0.1, 0.15) is 0 Å². The maximum Gasteiger partial charge on any atom is 1.00 e. The third-order valence-electron chi connectivity index (χ3n) is 0. The van der Waals surface area contributed by atoms with Gasteiger partial charge in [-0.05, 0) is 0 Å². The quantitative estimate of drug-likeness (QED) is 0.227. The van der Waals surface area contributed by atoms with Crippen LogP contribution < -0.4 is 82.7 Å². The summed E-state index contributed by atoms with van der Waals surface area (Å²) < 4.78 is 32.8. The van der Waals surface area contributed by atoms with Crippen molar-refractivity contribution in [2.45, 2.75) is 0 Å². The van der Waals surface area contributed by atoms with Gasteiger partial charge in [0.1, 0.15) is 0 Å². The molecule has 0 fully saturated rings. The molecule has 0 atom stereocenters. The van der Waals surface area contributed by atoms with Crippen LogP contribution in [0.4, 0.5) is 0 Å². The Balaban J connectivity index is -0.0000000267. The fourth-order valence-electron chi connectivity index (χ4n) is 0. The predicted molar refractivity (Wildman–Crippen MR) is 12.3 cm³/mol. The van der Waals surface area contributed by atoms with Crippen molar-refractivity contribution in [3.05, 3.63) is 0 Å². The molecule has 0 aliphatic rings. The van der Waals surface area contributed by atoms with Gasteiger partial charge in [-0.15, -0.1) is 0 Å². The average Bonchev–Trinajstić information content (AvgIpc) is 0.722. The van der Waals surface area contributed by atoms with Crippen molar-refractivity contribution in [1.82, 2.24) is 0 Å². The summed E-state index contributed by atoms with van der Waals surface area (Å²) in [6, 6.07) is 0. The van der Waals surface area contributed by atoms with Gasteiger partial charge in [-0.2, -0.15) is 0 Å². The zero-order valence-electron chi connectivity index (χ0n) is 4.46. The van der Waals surface area contributed by atoms with Gasteiger partial charge in [0.25, 0.3) is 0 Å². The summed E-state index contributed by atoms with van der Waals surface area (Å²) in [6.07, 6.45) is 0. The normalized spacial score (nSPS) is 7.25. The van der Waals surface area contributed by atoms with Crippen molar-refractivity contribution in [3.63, 3.8) is 0 Å². The van der Waals surface area contributed by atoms with Crippen molar-refractivity contribution in [2.24, 2.45) is 0 Å². The van der Waals surface area contributed by atoms with Crippen LogP contribution in [0, 0.1) is 0 Å². The van der Waals surface area contributed by atoms with Crippen molar-refractivity contribution in [1.29, 1.82) is 0 Å². The van der Waals surface area contributed by atoms with Crippen LogP contribution in [0.3, 0.4) is 0 Å². The van der Waals surface area contributed by atoms with Crippen LogP contribution in [0.5, 0.6) is 0 Å². The molecule has 0 bridgehead atoms. The zero-order chi connectivity index (χ0) is 4.50. The van der Waals surface area contributed by atoms with E-state index in [0.29, 0.717) is 0 Å². The summed E-state index contributed by atoms with van der Waals surface area (Å²) in [7, 11) is -4.92. The van der Waals surface area contributed by atoms with Crippen LogP contribution in [0.25, 0.3) is 0 Å². The van der Waals surface area contributed by atoms with Gasteiger partial charge in [0.2, 0.25) is 10.4 Å². The summed E-state index contributed by atoms with van der Waals surface area (Å²) in [5.41, 5.74) is 0. The first kappa shape index (κ1) is 22.4. The first-order valence-electron chi connectivity index (χ1n) is 0.683. The van der Waals surface area contributed by atoms with Gasteiger partial charge in [0.15, 0.2) is 0 Å². The molecule has 0 spiro atoms. The molecule has 0 saturated heterocycles. The summed E-state index contributed by atoms with van der Waals surface area (Å²) in [5, 5.41) is 0. The zero-order valence-corrected chi connectivity index (χ0v) is 9.15. The van der Waals surface area contributed by atoms with Gasteiger partial charge in [-0.1, -0.05) is 0 Å². The van der Waals surface area contributed by atoms with E-state index in [4.69, 9.17) is 17.5 Å². The van der Waals surface area contributed by atoms with Gasteiger partial charge < -0.3 is 17.0 Å². The molecule has 1 N–H and O–H groups in total. The van der Waals surface area contributed by atoms with Gasteiger partial charge >= 0.3 is 70.2 Å². The molecular weight excluding hydrogens is 178 g/mol. The monoisotopic (exact) mass is 178 g/mol. The number of hydrogen-bond acceptors (Lipinski definition) is 3. The van der Waals surface area contributed by atoms with Gasteiger partial charge in [0, 0.05) is 0 Å². The minimum atomic E-state index is -4.92. The first-order chi connectivity index (χ1) is 2.00. The Morgan fingerprint density at radius 3 is 1.38 bits per heavy atom. The van der Waals surface area contributed by atoms with Gasteiger partial charge in [-0.25, -0.2) is 8.42 Å². The summed E-state index contributed by atoms with van der Waals surface area (Å²) >= 11 is 0. The topological polar surface area (TPSA) is 77.4 Å². The van der Waals surface area contributed by atoms with Crippen LogP contribution >= 0.6 is 0 Å². The van der Waals surface area contributed by atoms with E-state index in [-0.39, 0.29) is 82.7 Å². The second-order valence-corrected chi connectivity index (χ2v) is 1.28. The Morgan fingerprint density at radius 2 is 1.38 bits per heavy atom. The Kier molecular flexibility index (Phi) is 26.3. The molecular formula is HClKLiO4S. The molecule has 40 valence electrons. The Labute approximate surface area is 108 Å². The first-order valence-corrected chi connectivity index (χ1v) is 2.05. The van der Waals surface area contributed by atoms with E-state index in [9.17, 15) is 0 Å². The molecule has 0 saturated carbocycles. The minimum Gasteiger partial charge on any atom is -1.00 e. The molecule has 8 heteroatoms. The van der Waals surface area contributed by atoms with E-state index in [1.165, 1.54) is 0 Å². The molecule has 0 amide bonds. The van der Waals surface area contributed by atoms with Crippen LogP contribution in [0.15, 0.2) is 0 Å². The Bertz CT molecular complexity index is 99.2. The van der Waals surface area contributed by atoms with E-state index < -0.39 is 10.4 Å². The maximum absolute atomic E-state index is 8.63. The Hall–Kier alpha value is 2.39. The van der Waals surface area contributed by atoms with E-state index in [1.807, 2.05) is 0 Å². The molecule has 4 nitrogen and oxygen atoms in total. The van der Waals surface area contributed by atoms with Gasteiger partial charge in [0.05, 0.1) is 0 Å². The number of rotatable bonds is 0. The van der Waals surface area contributed by atoms with Crippen LogP contribution in [-0.4, -0.2) is 17.5 Å². The van der Waals surface area contributed by atoms with E-state index in [1.54, 1.807) is 0 Å². The third-order valence-corrected chi connectivity index (χ3v) is 0. The van der Waals surface area contributed by atoms with Crippen LogP contribution in [-0.2, 0) is 10.4 Å². The fourth-order valence-corrected chi connectivity index (χ4v) is 0.